The summed E-state index contributed by atoms with van der Waals surface area (Å²) in [6.45, 7) is 3.66. The van der Waals surface area contributed by atoms with Crippen molar-refractivity contribution in [2.24, 2.45) is 0 Å². The van der Waals surface area contributed by atoms with Gasteiger partial charge in [-0.15, -0.1) is 0 Å². The molecule has 0 atom stereocenters. The fourth-order valence-corrected chi connectivity index (χ4v) is 3.23. The number of nitrogens with zero attached hydrogens (tertiary/aromatic N) is 3. The second-order valence-corrected chi connectivity index (χ2v) is 6.93. The molecular weight excluding hydrogens is 394 g/mol. The quantitative estimate of drug-likeness (QED) is 0.423. The van der Waals surface area contributed by atoms with E-state index in [2.05, 4.69) is 15.0 Å². The highest BCUT2D eigenvalue weighted by Gasteiger charge is 2.20. The lowest BCUT2D eigenvalue weighted by atomic mass is 10.1. The predicted molar refractivity (Wildman–Crippen MR) is 116 cm³/mol. The summed E-state index contributed by atoms with van der Waals surface area (Å²) in [6, 6.07) is 14.1. The summed E-state index contributed by atoms with van der Waals surface area (Å²) in [5.74, 6) is 1.66. The van der Waals surface area contributed by atoms with Gasteiger partial charge in [0.1, 0.15) is 11.4 Å². The standard InChI is InChI=1S/C24H21N3O4/c1-14-6-5-7-17(26-14)24(28)23-20(9-8-15(2)27-23)31-19-10-11-25-18-13-22(30-4)21(29-3)12-16(18)19/h5-13H,1-4H3. The van der Waals surface area contributed by atoms with Crippen molar-refractivity contribution >= 4 is 16.7 Å². The number of rotatable bonds is 6. The third kappa shape index (κ3) is 4.02. The number of hydrogen-bond donors (Lipinski definition) is 0. The van der Waals surface area contributed by atoms with Crippen LogP contribution < -0.4 is 14.2 Å². The van der Waals surface area contributed by atoms with E-state index in [9.17, 15) is 4.79 Å². The Labute approximate surface area is 179 Å². The number of carbonyl (C=O) groups excluding carboxylic acids is 1. The molecule has 0 bridgehead atoms. The molecule has 0 amide bonds. The normalized spacial score (nSPS) is 10.7. The van der Waals surface area contributed by atoms with Gasteiger partial charge in [0.2, 0.25) is 5.78 Å². The van der Waals surface area contributed by atoms with Crippen molar-refractivity contribution < 1.29 is 19.0 Å². The number of carbonyl (C=O) groups is 1. The number of hydrogen-bond acceptors (Lipinski definition) is 7. The van der Waals surface area contributed by atoms with Gasteiger partial charge in [-0.05, 0) is 50.2 Å². The lowest BCUT2D eigenvalue weighted by molar-refractivity contribution is 0.102. The predicted octanol–water partition coefficient (Wildman–Crippen LogP) is 4.68. The highest BCUT2D eigenvalue weighted by Crippen LogP contribution is 2.37. The minimum absolute atomic E-state index is 0.198. The molecule has 3 heterocycles. The molecule has 0 N–H and O–H groups in total. The van der Waals surface area contributed by atoms with Gasteiger partial charge in [0, 0.05) is 29.0 Å². The summed E-state index contributed by atoms with van der Waals surface area (Å²) in [5, 5.41) is 0.716. The van der Waals surface area contributed by atoms with Gasteiger partial charge in [-0.2, -0.15) is 0 Å². The molecule has 0 radical (unpaired) electrons. The summed E-state index contributed by atoms with van der Waals surface area (Å²) < 4.78 is 16.9. The van der Waals surface area contributed by atoms with Gasteiger partial charge < -0.3 is 14.2 Å². The van der Waals surface area contributed by atoms with Crippen LogP contribution in [0.3, 0.4) is 0 Å². The summed E-state index contributed by atoms with van der Waals surface area (Å²) in [6.07, 6.45) is 1.63. The van der Waals surface area contributed by atoms with Crippen molar-refractivity contribution in [2.75, 3.05) is 14.2 Å². The van der Waals surface area contributed by atoms with Crippen molar-refractivity contribution in [3.05, 3.63) is 77.5 Å². The zero-order valence-electron chi connectivity index (χ0n) is 17.7. The van der Waals surface area contributed by atoms with E-state index in [1.165, 1.54) is 0 Å². The molecule has 0 aliphatic carbocycles. The number of pyridine rings is 3. The van der Waals surface area contributed by atoms with Gasteiger partial charge in [0.25, 0.3) is 0 Å². The molecule has 0 fully saturated rings. The molecule has 31 heavy (non-hydrogen) atoms. The summed E-state index contributed by atoms with van der Waals surface area (Å²) in [4.78, 5) is 26.3. The van der Waals surface area contributed by atoms with Crippen molar-refractivity contribution in [2.45, 2.75) is 13.8 Å². The number of ketones is 1. The van der Waals surface area contributed by atoms with Crippen LogP contribution in [0.25, 0.3) is 10.9 Å². The number of aromatic nitrogens is 3. The van der Waals surface area contributed by atoms with Crippen LogP contribution in [0.15, 0.2) is 54.7 Å². The van der Waals surface area contributed by atoms with Crippen LogP contribution in [0.5, 0.6) is 23.0 Å². The van der Waals surface area contributed by atoms with Crippen LogP contribution in [0, 0.1) is 13.8 Å². The van der Waals surface area contributed by atoms with E-state index < -0.39 is 0 Å². The second kappa shape index (κ2) is 8.39. The highest BCUT2D eigenvalue weighted by molar-refractivity contribution is 6.08. The monoisotopic (exact) mass is 415 g/mol. The van der Waals surface area contributed by atoms with E-state index in [0.717, 1.165) is 5.69 Å². The Kier molecular flexibility index (Phi) is 5.49. The van der Waals surface area contributed by atoms with Crippen molar-refractivity contribution in [3.63, 3.8) is 0 Å². The molecule has 0 saturated heterocycles. The first-order valence-electron chi connectivity index (χ1n) is 9.64. The topological polar surface area (TPSA) is 83.4 Å². The molecule has 7 heteroatoms. The molecule has 0 unspecified atom stereocenters. The Hall–Kier alpha value is -4.00. The van der Waals surface area contributed by atoms with Gasteiger partial charge in [-0.25, -0.2) is 9.97 Å². The second-order valence-electron chi connectivity index (χ2n) is 6.93. The molecule has 0 aliphatic rings. The minimum atomic E-state index is -0.306. The first-order valence-corrected chi connectivity index (χ1v) is 9.64. The Balaban J connectivity index is 1.80. The number of benzene rings is 1. The third-order valence-electron chi connectivity index (χ3n) is 4.76. The molecule has 3 aromatic heterocycles. The van der Waals surface area contributed by atoms with Gasteiger partial charge in [0.05, 0.1) is 19.7 Å². The van der Waals surface area contributed by atoms with Crippen LogP contribution in [-0.2, 0) is 0 Å². The van der Waals surface area contributed by atoms with E-state index in [4.69, 9.17) is 14.2 Å². The number of fused-ring (bicyclic) bond motifs is 1. The average molecular weight is 415 g/mol. The molecule has 0 saturated carbocycles. The third-order valence-corrected chi connectivity index (χ3v) is 4.76. The maximum Gasteiger partial charge on any atom is 0.233 e. The van der Waals surface area contributed by atoms with E-state index >= 15 is 0 Å². The molecule has 156 valence electrons. The summed E-state index contributed by atoms with van der Waals surface area (Å²) in [7, 11) is 3.13. The van der Waals surface area contributed by atoms with Gasteiger partial charge in [-0.1, -0.05) is 6.07 Å². The van der Waals surface area contributed by atoms with Crippen LogP contribution >= 0.6 is 0 Å². The maximum absolute atomic E-state index is 13.2. The Morgan fingerprint density at radius 3 is 2.29 bits per heavy atom. The van der Waals surface area contributed by atoms with Gasteiger partial charge in [0.15, 0.2) is 22.9 Å². The van der Waals surface area contributed by atoms with Gasteiger partial charge in [-0.3, -0.25) is 9.78 Å². The Morgan fingerprint density at radius 2 is 1.55 bits per heavy atom. The van der Waals surface area contributed by atoms with Crippen molar-refractivity contribution in [1.29, 1.82) is 0 Å². The zero-order valence-corrected chi connectivity index (χ0v) is 17.7. The number of ether oxygens (including phenoxy) is 3. The fraction of sp³-hybridized carbons (Fsp3) is 0.167. The van der Waals surface area contributed by atoms with Crippen LogP contribution in [0.1, 0.15) is 27.6 Å². The first kappa shape index (κ1) is 20.3. The average Bonchev–Trinajstić information content (AvgIpc) is 2.79. The number of methoxy groups -OCH3 is 2. The molecule has 4 rings (SSSR count). The smallest absolute Gasteiger partial charge is 0.233 e. The minimum Gasteiger partial charge on any atom is -0.493 e. The van der Waals surface area contributed by atoms with Crippen LogP contribution in [0.2, 0.25) is 0 Å². The summed E-state index contributed by atoms with van der Waals surface area (Å²) >= 11 is 0. The fourth-order valence-electron chi connectivity index (χ4n) is 3.23. The van der Waals surface area contributed by atoms with E-state index in [1.54, 1.807) is 62.9 Å². The van der Waals surface area contributed by atoms with E-state index in [0.29, 0.717) is 45.3 Å². The van der Waals surface area contributed by atoms with E-state index in [1.807, 2.05) is 19.9 Å². The SMILES string of the molecule is COc1cc2nccc(Oc3ccc(C)nc3C(=O)c3cccc(C)n3)c2cc1OC. The molecule has 0 aliphatic heterocycles. The number of aryl methyl sites for hydroxylation is 2. The molecule has 0 spiro atoms. The Morgan fingerprint density at radius 1 is 0.806 bits per heavy atom. The van der Waals surface area contributed by atoms with Gasteiger partial charge >= 0.3 is 0 Å². The van der Waals surface area contributed by atoms with E-state index in [-0.39, 0.29) is 11.5 Å². The first-order chi connectivity index (χ1) is 15.0. The lowest BCUT2D eigenvalue weighted by Crippen LogP contribution is -2.09. The van der Waals surface area contributed by atoms with Crippen molar-refractivity contribution in [1.82, 2.24) is 15.0 Å². The summed E-state index contributed by atoms with van der Waals surface area (Å²) in [5.41, 5.74) is 2.64. The van der Waals surface area contributed by atoms with Crippen LogP contribution in [-0.4, -0.2) is 35.0 Å². The lowest BCUT2D eigenvalue weighted by Gasteiger charge is -2.14. The largest absolute Gasteiger partial charge is 0.493 e. The Bertz CT molecular complexity index is 1290. The molecule has 4 aromatic rings. The van der Waals surface area contributed by atoms with Crippen LogP contribution in [0.4, 0.5) is 0 Å². The molecular formula is C24H21N3O4. The maximum atomic E-state index is 13.2. The highest BCUT2D eigenvalue weighted by atomic mass is 16.5. The molecule has 1 aromatic carbocycles. The molecule has 7 nitrogen and oxygen atoms in total. The van der Waals surface area contributed by atoms with Crippen molar-refractivity contribution in [3.8, 4) is 23.0 Å². The zero-order chi connectivity index (χ0) is 22.0.